The second-order valence-electron chi connectivity index (χ2n) is 5.97. The number of aromatic nitrogens is 3. The average Bonchev–Trinajstić information content (AvgIpc) is 3.03. The SMILES string of the molecule is CCOc1ccc(-n2c(C)nnc2S[C@@H](C[N+](=O)[O-])c2ccc(F)cc2)cc1. The van der Waals surface area contributed by atoms with Gasteiger partial charge in [0.1, 0.15) is 22.6 Å². The maximum absolute atomic E-state index is 13.2. The normalized spacial score (nSPS) is 12.0. The van der Waals surface area contributed by atoms with Crippen molar-refractivity contribution in [3.05, 3.63) is 75.9 Å². The van der Waals surface area contributed by atoms with Gasteiger partial charge in [-0.15, -0.1) is 10.2 Å². The van der Waals surface area contributed by atoms with Crippen LogP contribution in [0.2, 0.25) is 0 Å². The molecule has 0 bridgehead atoms. The van der Waals surface area contributed by atoms with E-state index < -0.39 is 5.25 Å². The van der Waals surface area contributed by atoms with Gasteiger partial charge < -0.3 is 4.74 Å². The summed E-state index contributed by atoms with van der Waals surface area (Å²) in [6.07, 6.45) is 0. The van der Waals surface area contributed by atoms with Crippen molar-refractivity contribution >= 4 is 11.8 Å². The molecule has 0 unspecified atom stereocenters. The Morgan fingerprint density at radius 2 is 1.86 bits per heavy atom. The lowest BCUT2D eigenvalue weighted by atomic mass is 10.1. The fourth-order valence-corrected chi connectivity index (χ4v) is 3.90. The van der Waals surface area contributed by atoms with Gasteiger partial charge in [0.2, 0.25) is 6.54 Å². The van der Waals surface area contributed by atoms with E-state index in [1.807, 2.05) is 42.7 Å². The first-order valence-electron chi connectivity index (χ1n) is 8.67. The van der Waals surface area contributed by atoms with Gasteiger partial charge in [-0.25, -0.2) is 4.39 Å². The van der Waals surface area contributed by atoms with E-state index in [2.05, 4.69) is 10.2 Å². The van der Waals surface area contributed by atoms with Crippen molar-refractivity contribution in [2.24, 2.45) is 0 Å². The van der Waals surface area contributed by atoms with Crippen LogP contribution in [0, 0.1) is 22.9 Å². The minimum absolute atomic E-state index is 0.314. The van der Waals surface area contributed by atoms with Crippen LogP contribution in [0.1, 0.15) is 23.6 Å². The molecule has 0 aliphatic carbocycles. The molecule has 0 radical (unpaired) electrons. The van der Waals surface area contributed by atoms with E-state index in [-0.39, 0.29) is 17.3 Å². The summed E-state index contributed by atoms with van der Waals surface area (Å²) in [5.74, 6) is 1.02. The number of hydrogen-bond donors (Lipinski definition) is 0. The zero-order valence-corrected chi connectivity index (χ0v) is 16.2. The van der Waals surface area contributed by atoms with Crippen LogP contribution in [-0.2, 0) is 0 Å². The predicted molar refractivity (Wildman–Crippen MR) is 104 cm³/mol. The van der Waals surface area contributed by atoms with E-state index >= 15 is 0 Å². The monoisotopic (exact) mass is 402 g/mol. The number of rotatable bonds is 8. The van der Waals surface area contributed by atoms with Gasteiger partial charge in [0.15, 0.2) is 5.16 Å². The first kappa shape index (κ1) is 19.8. The number of nitrogens with zero attached hydrogens (tertiary/aromatic N) is 4. The molecule has 28 heavy (non-hydrogen) atoms. The van der Waals surface area contributed by atoms with Gasteiger partial charge in [0.05, 0.1) is 6.61 Å². The van der Waals surface area contributed by atoms with E-state index in [0.717, 1.165) is 11.4 Å². The molecule has 0 saturated heterocycles. The third-order valence-electron chi connectivity index (χ3n) is 4.01. The summed E-state index contributed by atoms with van der Waals surface area (Å²) in [7, 11) is 0. The number of hydrogen-bond acceptors (Lipinski definition) is 6. The number of aryl methyl sites for hydroxylation is 1. The molecule has 0 aliphatic heterocycles. The van der Waals surface area contributed by atoms with Gasteiger partial charge in [0, 0.05) is 10.6 Å². The van der Waals surface area contributed by atoms with E-state index in [9.17, 15) is 14.5 Å². The summed E-state index contributed by atoms with van der Waals surface area (Å²) < 4.78 is 20.5. The van der Waals surface area contributed by atoms with E-state index in [0.29, 0.717) is 23.2 Å². The van der Waals surface area contributed by atoms with E-state index in [1.165, 1.54) is 23.9 Å². The molecule has 3 aromatic rings. The van der Waals surface area contributed by atoms with Gasteiger partial charge in [-0.3, -0.25) is 14.7 Å². The molecular weight excluding hydrogens is 383 g/mol. The quantitative estimate of drug-likeness (QED) is 0.319. The van der Waals surface area contributed by atoms with Crippen molar-refractivity contribution in [1.29, 1.82) is 0 Å². The molecule has 7 nitrogen and oxygen atoms in total. The lowest BCUT2D eigenvalue weighted by Gasteiger charge is -2.14. The summed E-state index contributed by atoms with van der Waals surface area (Å²) >= 11 is 1.23. The van der Waals surface area contributed by atoms with Crippen molar-refractivity contribution in [3.8, 4) is 11.4 Å². The third-order valence-corrected chi connectivity index (χ3v) is 5.19. The average molecular weight is 402 g/mol. The standard InChI is InChI=1S/C19H19FN4O3S/c1-3-27-17-10-8-16(9-11-17)24-13(2)21-22-19(24)28-18(12-23(25)26)14-4-6-15(20)7-5-14/h4-11,18H,3,12H2,1-2H3/t18-/m0/s1. The Kier molecular flexibility index (Phi) is 6.25. The Morgan fingerprint density at radius 1 is 1.18 bits per heavy atom. The Bertz CT molecular complexity index is 945. The number of ether oxygens (including phenoxy) is 1. The first-order chi connectivity index (χ1) is 13.5. The van der Waals surface area contributed by atoms with Crippen molar-refractivity contribution in [1.82, 2.24) is 14.8 Å². The summed E-state index contributed by atoms with van der Waals surface area (Å²) in [6.45, 7) is 3.99. The zero-order chi connectivity index (χ0) is 20.1. The predicted octanol–water partition coefficient (Wildman–Crippen LogP) is 4.22. The van der Waals surface area contributed by atoms with Crippen LogP contribution < -0.4 is 4.74 Å². The lowest BCUT2D eigenvalue weighted by Crippen LogP contribution is -2.11. The second kappa shape index (κ2) is 8.83. The summed E-state index contributed by atoms with van der Waals surface area (Å²) in [6, 6.07) is 13.2. The zero-order valence-electron chi connectivity index (χ0n) is 15.4. The van der Waals surface area contributed by atoms with Crippen molar-refractivity contribution in [3.63, 3.8) is 0 Å². The number of halogens is 1. The molecule has 2 aromatic carbocycles. The molecule has 146 valence electrons. The van der Waals surface area contributed by atoms with Gasteiger partial charge in [-0.1, -0.05) is 23.9 Å². The molecular formula is C19H19FN4O3S. The smallest absolute Gasteiger partial charge is 0.220 e. The van der Waals surface area contributed by atoms with E-state index in [1.54, 1.807) is 12.1 Å². The van der Waals surface area contributed by atoms with Gasteiger partial charge in [0.25, 0.3) is 0 Å². The lowest BCUT2D eigenvalue weighted by molar-refractivity contribution is -0.479. The molecule has 1 heterocycles. The molecule has 0 saturated carbocycles. The molecule has 1 atom stereocenters. The van der Waals surface area contributed by atoms with Crippen LogP contribution in [0.3, 0.4) is 0 Å². The van der Waals surface area contributed by atoms with Crippen LogP contribution >= 0.6 is 11.8 Å². The highest BCUT2D eigenvalue weighted by molar-refractivity contribution is 7.99. The van der Waals surface area contributed by atoms with Gasteiger partial charge in [-0.2, -0.15) is 0 Å². The van der Waals surface area contributed by atoms with Crippen molar-refractivity contribution < 1.29 is 14.1 Å². The van der Waals surface area contributed by atoms with Gasteiger partial charge >= 0.3 is 0 Å². The third kappa shape index (κ3) is 4.66. The minimum atomic E-state index is -0.527. The fraction of sp³-hybridized carbons (Fsp3) is 0.263. The highest BCUT2D eigenvalue weighted by Gasteiger charge is 2.23. The molecule has 9 heteroatoms. The van der Waals surface area contributed by atoms with Crippen LogP contribution in [0.15, 0.2) is 53.7 Å². The molecule has 0 N–H and O–H groups in total. The molecule has 0 aliphatic rings. The van der Waals surface area contributed by atoms with Crippen LogP contribution in [0.25, 0.3) is 5.69 Å². The van der Waals surface area contributed by atoms with Crippen molar-refractivity contribution in [2.45, 2.75) is 24.3 Å². The first-order valence-corrected chi connectivity index (χ1v) is 9.55. The van der Waals surface area contributed by atoms with E-state index in [4.69, 9.17) is 4.74 Å². The topological polar surface area (TPSA) is 83.1 Å². The second-order valence-corrected chi connectivity index (χ2v) is 7.14. The summed E-state index contributed by atoms with van der Waals surface area (Å²) in [5, 5.41) is 19.5. The molecule has 1 aromatic heterocycles. The fourth-order valence-electron chi connectivity index (χ4n) is 2.73. The maximum atomic E-state index is 13.2. The number of thioether (sulfide) groups is 1. The number of benzene rings is 2. The molecule has 0 fully saturated rings. The summed E-state index contributed by atoms with van der Waals surface area (Å²) in [4.78, 5) is 10.8. The number of nitro groups is 1. The maximum Gasteiger partial charge on any atom is 0.220 e. The molecule has 3 rings (SSSR count). The Hall–Kier alpha value is -2.94. The largest absolute Gasteiger partial charge is 0.494 e. The molecule has 0 amide bonds. The Balaban J connectivity index is 1.92. The Labute approximate surface area is 165 Å². The highest BCUT2D eigenvalue weighted by Crippen LogP contribution is 2.36. The van der Waals surface area contributed by atoms with Crippen LogP contribution in [-0.4, -0.2) is 32.8 Å². The Morgan fingerprint density at radius 3 is 2.46 bits per heavy atom. The van der Waals surface area contributed by atoms with Gasteiger partial charge in [-0.05, 0) is 55.8 Å². The van der Waals surface area contributed by atoms with Crippen LogP contribution in [0.4, 0.5) is 4.39 Å². The van der Waals surface area contributed by atoms with Crippen molar-refractivity contribution in [2.75, 3.05) is 13.2 Å². The summed E-state index contributed by atoms with van der Waals surface area (Å²) in [5.41, 5.74) is 1.48. The van der Waals surface area contributed by atoms with Crippen LogP contribution in [0.5, 0.6) is 5.75 Å². The highest BCUT2D eigenvalue weighted by atomic mass is 32.2. The minimum Gasteiger partial charge on any atom is -0.494 e. The molecule has 0 spiro atoms.